The quantitative estimate of drug-likeness (QED) is 0.327. The largest absolute Gasteiger partial charge is 0.469 e. The minimum Gasteiger partial charge on any atom is -0.469 e. The number of esters is 2. The molecule has 0 radical (unpaired) electrons. The zero-order valence-electron chi connectivity index (χ0n) is 14.5. The first kappa shape index (κ1) is 19.3. The van der Waals surface area contributed by atoms with E-state index in [2.05, 4.69) is 19.9 Å². The molecule has 0 atom stereocenters. The van der Waals surface area contributed by atoms with Crippen molar-refractivity contribution in [3.8, 4) is 0 Å². The monoisotopic (exact) mass is 327 g/mol. The number of hydrogen-bond donors (Lipinski definition) is 1. The van der Waals surface area contributed by atoms with E-state index in [1.807, 2.05) is 6.92 Å². The summed E-state index contributed by atoms with van der Waals surface area (Å²) in [7, 11) is 3.16. The number of ether oxygens (including phenoxy) is 2. The third kappa shape index (κ3) is 6.88. The van der Waals surface area contributed by atoms with Gasteiger partial charge in [-0.3, -0.25) is 14.6 Å². The molecule has 1 aliphatic heterocycles. The van der Waals surface area contributed by atoms with E-state index in [0.29, 0.717) is 13.0 Å². The van der Waals surface area contributed by atoms with Crippen LogP contribution in [-0.4, -0.2) is 63.2 Å². The van der Waals surface area contributed by atoms with Crippen LogP contribution in [0.1, 0.15) is 39.0 Å². The van der Waals surface area contributed by atoms with Crippen molar-refractivity contribution in [1.82, 2.24) is 10.2 Å². The summed E-state index contributed by atoms with van der Waals surface area (Å²) in [4.78, 5) is 29.2. The molecule has 0 saturated carbocycles. The third-order valence-corrected chi connectivity index (χ3v) is 3.94. The second kappa shape index (κ2) is 10.9. The van der Waals surface area contributed by atoms with E-state index < -0.39 is 0 Å². The van der Waals surface area contributed by atoms with Crippen LogP contribution in [0.2, 0.25) is 0 Å². The number of methoxy groups -OCH3 is 1. The van der Waals surface area contributed by atoms with Gasteiger partial charge in [0.15, 0.2) is 5.96 Å². The van der Waals surface area contributed by atoms with Gasteiger partial charge >= 0.3 is 11.9 Å². The number of likely N-dealkylation sites (tertiary alicyclic amines) is 1. The first-order valence-electron chi connectivity index (χ1n) is 8.31. The third-order valence-electron chi connectivity index (χ3n) is 3.94. The molecule has 1 fully saturated rings. The molecule has 0 aromatic carbocycles. The van der Waals surface area contributed by atoms with E-state index in [4.69, 9.17) is 4.74 Å². The van der Waals surface area contributed by atoms with Crippen LogP contribution in [0.25, 0.3) is 0 Å². The van der Waals surface area contributed by atoms with Gasteiger partial charge < -0.3 is 19.7 Å². The molecule has 7 nitrogen and oxygen atoms in total. The van der Waals surface area contributed by atoms with Gasteiger partial charge in [0, 0.05) is 33.1 Å². The highest BCUT2D eigenvalue weighted by Gasteiger charge is 2.27. The van der Waals surface area contributed by atoms with Crippen molar-refractivity contribution in [1.29, 1.82) is 0 Å². The molecule has 0 aromatic rings. The van der Waals surface area contributed by atoms with Crippen LogP contribution >= 0.6 is 0 Å². The van der Waals surface area contributed by atoms with Crippen molar-refractivity contribution in [2.45, 2.75) is 39.0 Å². The van der Waals surface area contributed by atoms with E-state index in [0.717, 1.165) is 51.3 Å². The Labute approximate surface area is 138 Å². The van der Waals surface area contributed by atoms with Gasteiger partial charge in [0.1, 0.15) is 0 Å². The SMILES string of the molecule is CCOC(=O)C1CCN(C(=NC)NCCCCC(=O)OC)CC1. The first-order chi connectivity index (χ1) is 11.1. The van der Waals surface area contributed by atoms with Crippen molar-refractivity contribution < 1.29 is 19.1 Å². The number of nitrogens with one attached hydrogen (secondary N) is 1. The minimum absolute atomic E-state index is 0.00404. The Balaban J connectivity index is 2.26. The highest BCUT2D eigenvalue weighted by atomic mass is 16.5. The maximum atomic E-state index is 11.7. The number of aliphatic imine (C=N–C) groups is 1. The van der Waals surface area contributed by atoms with Crippen LogP contribution in [-0.2, 0) is 19.1 Å². The Morgan fingerprint density at radius 2 is 1.96 bits per heavy atom. The summed E-state index contributed by atoms with van der Waals surface area (Å²) in [6.45, 7) is 4.63. The second-order valence-corrected chi connectivity index (χ2v) is 5.52. The number of hydrogen-bond acceptors (Lipinski definition) is 5. The molecule has 0 aliphatic carbocycles. The van der Waals surface area contributed by atoms with Gasteiger partial charge in [0.25, 0.3) is 0 Å². The zero-order valence-corrected chi connectivity index (χ0v) is 14.5. The molecular formula is C16H29N3O4. The van der Waals surface area contributed by atoms with Crippen molar-refractivity contribution in [2.75, 3.05) is 40.4 Å². The summed E-state index contributed by atoms with van der Waals surface area (Å²) >= 11 is 0. The van der Waals surface area contributed by atoms with Gasteiger partial charge in [-0.2, -0.15) is 0 Å². The molecule has 1 rings (SSSR count). The average Bonchev–Trinajstić information content (AvgIpc) is 2.58. The molecule has 1 saturated heterocycles. The lowest BCUT2D eigenvalue weighted by atomic mass is 9.97. The molecular weight excluding hydrogens is 298 g/mol. The van der Waals surface area contributed by atoms with Crippen molar-refractivity contribution in [3.63, 3.8) is 0 Å². The summed E-state index contributed by atoms with van der Waals surface area (Å²) in [5.41, 5.74) is 0. The van der Waals surface area contributed by atoms with Gasteiger partial charge in [-0.1, -0.05) is 0 Å². The molecule has 0 amide bonds. The van der Waals surface area contributed by atoms with Crippen LogP contribution in [0.4, 0.5) is 0 Å². The summed E-state index contributed by atoms with van der Waals surface area (Å²) in [5, 5.41) is 3.31. The maximum absolute atomic E-state index is 11.7. The van der Waals surface area contributed by atoms with Gasteiger partial charge in [-0.05, 0) is 32.6 Å². The fourth-order valence-corrected chi connectivity index (χ4v) is 2.62. The smallest absolute Gasteiger partial charge is 0.309 e. The van der Waals surface area contributed by atoms with Gasteiger partial charge in [0.2, 0.25) is 0 Å². The number of nitrogens with zero attached hydrogens (tertiary/aromatic N) is 2. The Bertz CT molecular complexity index is 404. The van der Waals surface area contributed by atoms with Crippen LogP contribution in [0.5, 0.6) is 0 Å². The lowest BCUT2D eigenvalue weighted by Crippen LogP contribution is -2.46. The van der Waals surface area contributed by atoms with Crippen molar-refractivity contribution >= 4 is 17.9 Å². The van der Waals surface area contributed by atoms with E-state index in [9.17, 15) is 9.59 Å². The number of piperidine rings is 1. The number of unbranched alkanes of at least 4 members (excludes halogenated alkanes) is 1. The Morgan fingerprint density at radius 3 is 2.52 bits per heavy atom. The first-order valence-corrected chi connectivity index (χ1v) is 8.31. The standard InChI is InChI=1S/C16H29N3O4/c1-4-23-15(21)13-8-11-19(12-9-13)16(17-2)18-10-6-5-7-14(20)22-3/h13H,4-12H2,1-3H3,(H,17,18). The normalized spacial score (nSPS) is 16.1. The maximum Gasteiger partial charge on any atom is 0.309 e. The zero-order chi connectivity index (χ0) is 17.1. The van der Waals surface area contributed by atoms with Gasteiger partial charge in [-0.15, -0.1) is 0 Å². The van der Waals surface area contributed by atoms with Crippen molar-refractivity contribution in [2.24, 2.45) is 10.9 Å². The summed E-state index contributed by atoms with van der Waals surface area (Å²) in [6, 6.07) is 0. The number of carbonyl (C=O) groups excluding carboxylic acids is 2. The average molecular weight is 327 g/mol. The summed E-state index contributed by atoms with van der Waals surface area (Å²) in [5.74, 6) is 0.600. The molecule has 1 N–H and O–H groups in total. The highest BCUT2D eigenvalue weighted by molar-refractivity contribution is 5.80. The van der Waals surface area contributed by atoms with Crippen molar-refractivity contribution in [3.05, 3.63) is 0 Å². The van der Waals surface area contributed by atoms with E-state index in [1.165, 1.54) is 7.11 Å². The Morgan fingerprint density at radius 1 is 1.26 bits per heavy atom. The lowest BCUT2D eigenvalue weighted by molar-refractivity contribution is -0.149. The molecule has 7 heteroatoms. The number of guanidine groups is 1. The van der Waals surface area contributed by atoms with Gasteiger partial charge in [-0.25, -0.2) is 0 Å². The lowest BCUT2D eigenvalue weighted by Gasteiger charge is -2.33. The number of carbonyl (C=O) groups is 2. The minimum atomic E-state index is -0.171. The van der Waals surface area contributed by atoms with E-state index >= 15 is 0 Å². The molecule has 0 aromatic heterocycles. The van der Waals surface area contributed by atoms with Crippen LogP contribution in [0.3, 0.4) is 0 Å². The van der Waals surface area contributed by atoms with Gasteiger partial charge in [0.05, 0.1) is 19.6 Å². The van der Waals surface area contributed by atoms with Crippen LogP contribution < -0.4 is 5.32 Å². The van der Waals surface area contributed by atoms with Crippen LogP contribution in [0.15, 0.2) is 4.99 Å². The van der Waals surface area contributed by atoms with E-state index in [1.54, 1.807) is 7.05 Å². The molecule has 1 aliphatic rings. The molecule has 1 heterocycles. The fraction of sp³-hybridized carbons (Fsp3) is 0.812. The molecule has 0 spiro atoms. The summed E-state index contributed by atoms with van der Waals surface area (Å²) in [6.07, 6.45) is 3.71. The number of rotatable bonds is 7. The second-order valence-electron chi connectivity index (χ2n) is 5.52. The van der Waals surface area contributed by atoms with E-state index in [-0.39, 0.29) is 17.9 Å². The molecule has 23 heavy (non-hydrogen) atoms. The topological polar surface area (TPSA) is 80.2 Å². The fourth-order valence-electron chi connectivity index (χ4n) is 2.62. The molecule has 0 unspecified atom stereocenters. The van der Waals surface area contributed by atoms with Crippen LogP contribution in [0, 0.1) is 5.92 Å². The Kier molecular flexibility index (Phi) is 9.09. The molecule has 0 bridgehead atoms. The predicted molar refractivity (Wildman–Crippen MR) is 88.2 cm³/mol. The summed E-state index contributed by atoms with van der Waals surface area (Å²) < 4.78 is 9.69. The Hall–Kier alpha value is -1.79. The molecule has 132 valence electrons. The predicted octanol–water partition coefficient (Wildman–Crippen LogP) is 1.18. The highest BCUT2D eigenvalue weighted by Crippen LogP contribution is 2.18.